The minimum atomic E-state index is 0.732. The van der Waals surface area contributed by atoms with E-state index in [0.717, 1.165) is 11.8 Å². The molecule has 0 amide bonds. The van der Waals surface area contributed by atoms with Crippen molar-refractivity contribution in [1.29, 1.82) is 0 Å². The third-order valence-corrected chi connectivity index (χ3v) is 3.47. The normalized spacial score (nSPS) is 21.6. The third kappa shape index (κ3) is 1.96. The third-order valence-electron chi connectivity index (χ3n) is 3.47. The average Bonchev–Trinajstić information content (AvgIpc) is 2.71. The first kappa shape index (κ1) is 8.86. The van der Waals surface area contributed by atoms with Gasteiger partial charge in [0.2, 0.25) is 0 Å². The molecule has 2 rings (SSSR count). The summed E-state index contributed by atoms with van der Waals surface area (Å²) in [5, 5.41) is 0. The van der Waals surface area contributed by atoms with Gasteiger partial charge in [-0.1, -0.05) is 26.2 Å². The molecule has 1 N–H and O–H groups in total. The molecule has 1 nitrogen and oxygen atoms in total. The Morgan fingerprint density at radius 2 is 2.08 bits per heavy atom. The quantitative estimate of drug-likeness (QED) is 0.709. The van der Waals surface area contributed by atoms with E-state index < -0.39 is 0 Å². The number of H-pyrrole nitrogens is 1. The minimum absolute atomic E-state index is 0.732. The Bertz CT molecular complexity index is 232. The van der Waals surface area contributed by atoms with Gasteiger partial charge in [0.05, 0.1) is 0 Å². The minimum Gasteiger partial charge on any atom is -0.365 e. The molecule has 1 atom stereocenters. The van der Waals surface area contributed by atoms with Crippen molar-refractivity contribution in [2.24, 2.45) is 5.92 Å². The van der Waals surface area contributed by atoms with E-state index in [2.05, 4.69) is 24.0 Å². The molecule has 1 aliphatic carbocycles. The van der Waals surface area contributed by atoms with Crippen molar-refractivity contribution in [3.63, 3.8) is 0 Å². The van der Waals surface area contributed by atoms with Crippen molar-refractivity contribution in [1.82, 2.24) is 4.98 Å². The second-order valence-electron chi connectivity index (χ2n) is 4.31. The highest BCUT2D eigenvalue weighted by Crippen LogP contribution is 2.34. The zero-order valence-electron chi connectivity index (χ0n) is 8.42. The second kappa shape index (κ2) is 3.99. The summed E-state index contributed by atoms with van der Waals surface area (Å²) in [5.74, 6) is 1.66. The first-order valence-electron chi connectivity index (χ1n) is 5.51. The monoisotopic (exact) mass is 177 g/mol. The lowest BCUT2D eigenvalue weighted by Crippen LogP contribution is -2.13. The van der Waals surface area contributed by atoms with Crippen molar-refractivity contribution in [2.75, 3.05) is 0 Å². The van der Waals surface area contributed by atoms with Gasteiger partial charge in [-0.2, -0.15) is 0 Å². The van der Waals surface area contributed by atoms with Crippen LogP contribution in [-0.2, 0) is 0 Å². The van der Waals surface area contributed by atoms with Crippen LogP contribution in [0.3, 0.4) is 0 Å². The fraction of sp³-hybridized carbons (Fsp3) is 0.667. The highest BCUT2D eigenvalue weighted by Gasteiger charge is 2.21. The van der Waals surface area contributed by atoms with Gasteiger partial charge in [0.15, 0.2) is 0 Å². The Hall–Kier alpha value is -0.720. The molecular formula is C12H19N. The maximum absolute atomic E-state index is 3.33. The van der Waals surface area contributed by atoms with Crippen LogP contribution in [0.2, 0.25) is 0 Å². The topological polar surface area (TPSA) is 15.8 Å². The van der Waals surface area contributed by atoms with E-state index in [4.69, 9.17) is 0 Å². The van der Waals surface area contributed by atoms with Crippen molar-refractivity contribution in [2.45, 2.75) is 44.9 Å². The van der Waals surface area contributed by atoms with E-state index in [-0.39, 0.29) is 0 Å². The molecule has 13 heavy (non-hydrogen) atoms. The molecule has 1 fully saturated rings. The van der Waals surface area contributed by atoms with Gasteiger partial charge in [-0.05, 0) is 36.8 Å². The van der Waals surface area contributed by atoms with Crippen molar-refractivity contribution < 1.29 is 0 Å². The molecule has 1 aromatic heterocycles. The van der Waals surface area contributed by atoms with E-state index in [1.54, 1.807) is 0 Å². The Balaban J connectivity index is 1.99. The van der Waals surface area contributed by atoms with Crippen LogP contribution in [-0.4, -0.2) is 4.98 Å². The van der Waals surface area contributed by atoms with E-state index in [1.807, 2.05) is 6.20 Å². The molecule has 1 heteroatoms. The van der Waals surface area contributed by atoms with E-state index >= 15 is 0 Å². The van der Waals surface area contributed by atoms with Gasteiger partial charge in [-0.15, -0.1) is 0 Å². The zero-order chi connectivity index (χ0) is 9.10. The lowest BCUT2D eigenvalue weighted by molar-refractivity contribution is 0.313. The number of aromatic amines is 1. The molecule has 1 aliphatic rings. The predicted molar refractivity (Wildman–Crippen MR) is 55.8 cm³/mol. The van der Waals surface area contributed by atoms with Crippen LogP contribution in [0.1, 0.15) is 50.6 Å². The van der Waals surface area contributed by atoms with Crippen LogP contribution in [0.25, 0.3) is 0 Å². The summed E-state index contributed by atoms with van der Waals surface area (Å²) >= 11 is 0. The fourth-order valence-electron chi connectivity index (χ4n) is 2.52. The second-order valence-corrected chi connectivity index (χ2v) is 4.31. The lowest BCUT2D eigenvalue weighted by atomic mass is 9.79. The van der Waals surface area contributed by atoms with Crippen LogP contribution in [0.4, 0.5) is 0 Å². The molecule has 1 unspecified atom stereocenters. The SMILES string of the molecule is CC(c1ccc[nH]1)C1CCCCC1. The summed E-state index contributed by atoms with van der Waals surface area (Å²) in [6.45, 7) is 2.36. The van der Waals surface area contributed by atoms with Gasteiger partial charge >= 0.3 is 0 Å². The highest BCUT2D eigenvalue weighted by molar-refractivity contribution is 5.10. The Kier molecular flexibility index (Phi) is 2.72. The van der Waals surface area contributed by atoms with Crippen molar-refractivity contribution in [3.05, 3.63) is 24.0 Å². The average molecular weight is 177 g/mol. The maximum atomic E-state index is 3.33. The molecule has 0 spiro atoms. The van der Waals surface area contributed by atoms with Gasteiger partial charge < -0.3 is 4.98 Å². The summed E-state index contributed by atoms with van der Waals surface area (Å²) in [6, 6.07) is 4.33. The number of hydrogen-bond acceptors (Lipinski definition) is 0. The van der Waals surface area contributed by atoms with Crippen molar-refractivity contribution in [3.8, 4) is 0 Å². The lowest BCUT2D eigenvalue weighted by Gasteiger charge is -2.26. The fourth-order valence-corrected chi connectivity index (χ4v) is 2.52. The predicted octanol–water partition coefficient (Wildman–Crippen LogP) is 3.70. The van der Waals surface area contributed by atoms with Crippen LogP contribution in [0, 0.1) is 5.92 Å². The zero-order valence-corrected chi connectivity index (χ0v) is 8.42. The summed E-state index contributed by atoms with van der Waals surface area (Å²) in [4.78, 5) is 3.33. The van der Waals surface area contributed by atoms with Crippen LogP contribution in [0.15, 0.2) is 18.3 Å². The van der Waals surface area contributed by atoms with Gasteiger partial charge in [0.1, 0.15) is 0 Å². The molecule has 0 saturated heterocycles. The highest BCUT2D eigenvalue weighted by atomic mass is 14.7. The molecule has 72 valence electrons. The number of rotatable bonds is 2. The van der Waals surface area contributed by atoms with E-state index in [9.17, 15) is 0 Å². The molecular weight excluding hydrogens is 158 g/mol. The molecule has 1 saturated carbocycles. The number of hydrogen-bond donors (Lipinski definition) is 1. The standard InChI is InChI=1S/C12H19N/c1-10(12-8-5-9-13-12)11-6-3-2-4-7-11/h5,8-11,13H,2-4,6-7H2,1H3. The summed E-state index contributed by atoms with van der Waals surface area (Å²) in [5.41, 5.74) is 1.42. The molecule has 1 heterocycles. The Morgan fingerprint density at radius 1 is 1.31 bits per heavy atom. The summed E-state index contributed by atoms with van der Waals surface area (Å²) in [7, 11) is 0. The Morgan fingerprint density at radius 3 is 2.69 bits per heavy atom. The van der Waals surface area contributed by atoms with Gasteiger partial charge in [-0.25, -0.2) is 0 Å². The molecule has 0 radical (unpaired) electrons. The number of nitrogens with one attached hydrogen (secondary N) is 1. The summed E-state index contributed by atoms with van der Waals surface area (Å²) < 4.78 is 0. The smallest absolute Gasteiger partial charge is 0.0178 e. The first-order chi connectivity index (χ1) is 6.38. The van der Waals surface area contributed by atoms with E-state index in [1.165, 1.54) is 37.8 Å². The molecule has 0 bridgehead atoms. The van der Waals surface area contributed by atoms with Gasteiger partial charge in [-0.3, -0.25) is 0 Å². The largest absolute Gasteiger partial charge is 0.365 e. The van der Waals surface area contributed by atoms with Crippen molar-refractivity contribution >= 4 is 0 Å². The molecule has 1 aromatic rings. The van der Waals surface area contributed by atoms with Crippen LogP contribution >= 0.6 is 0 Å². The van der Waals surface area contributed by atoms with E-state index in [0.29, 0.717) is 0 Å². The molecule has 0 aromatic carbocycles. The van der Waals surface area contributed by atoms with Gasteiger partial charge in [0, 0.05) is 11.9 Å². The van der Waals surface area contributed by atoms with Crippen LogP contribution < -0.4 is 0 Å². The Labute approximate surface area is 80.6 Å². The molecule has 0 aliphatic heterocycles. The summed E-state index contributed by atoms with van der Waals surface area (Å²) in [6.07, 6.45) is 9.23. The number of aromatic nitrogens is 1. The van der Waals surface area contributed by atoms with Gasteiger partial charge in [0.25, 0.3) is 0 Å². The first-order valence-corrected chi connectivity index (χ1v) is 5.51. The maximum Gasteiger partial charge on any atom is 0.0178 e. The van der Waals surface area contributed by atoms with Crippen LogP contribution in [0.5, 0.6) is 0 Å².